The maximum atomic E-state index is 14.4. The molecule has 2 heterocycles. The molecule has 0 spiro atoms. The third kappa shape index (κ3) is 7.48. The fourth-order valence-corrected chi connectivity index (χ4v) is 6.98. The second-order valence-electron chi connectivity index (χ2n) is 10.4. The van der Waals surface area contributed by atoms with E-state index in [4.69, 9.17) is 18.5 Å². The lowest BCUT2D eigenvalue weighted by Gasteiger charge is -2.29. The van der Waals surface area contributed by atoms with Crippen LogP contribution in [0.4, 0.5) is 0 Å². The van der Waals surface area contributed by atoms with Crippen molar-refractivity contribution in [2.45, 2.75) is 43.7 Å². The zero-order valence-corrected chi connectivity index (χ0v) is 27.0. The summed E-state index contributed by atoms with van der Waals surface area (Å²) in [7, 11) is -4.68. The Morgan fingerprint density at radius 1 is 1.17 bits per heavy atom. The topological polar surface area (TPSA) is 227 Å². The molecule has 0 radical (unpaired) electrons. The summed E-state index contributed by atoms with van der Waals surface area (Å²) in [4.78, 5) is 41.5. The van der Waals surface area contributed by atoms with Crippen molar-refractivity contribution in [1.82, 2.24) is 14.6 Å². The summed E-state index contributed by atoms with van der Waals surface area (Å²) < 4.78 is 38.1. The molecule has 0 amide bonds. The maximum Gasteiger partial charge on any atom is 0.459 e. The van der Waals surface area contributed by atoms with Crippen molar-refractivity contribution in [1.29, 1.82) is 0 Å². The number of ether oxygens (including phenoxy) is 2. The Hall–Kier alpha value is -4.31. The molecule has 4 aromatic rings. The van der Waals surface area contributed by atoms with Crippen molar-refractivity contribution in [2.75, 3.05) is 6.61 Å². The minimum Gasteiger partial charge on any atom is -0.460 e. The molecule has 18 heteroatoms. The number of carbonyl (C=O) groups is 1. The summed E-state index contributed by atoms with van der Waals surface area (Å²) in [5.74, 6) is -0.776. The number of benzene rings is 3. The number of rotatable bonds is 12. The van der Waals surface area contributed by atoms with Gasteiger partial charge in [0.25, 0.3) is 5.56 Å². The van der Waals surface area contributed by atoms with Crippen LogP contribution in [0.25, 0.3) is 21.2 Å². The van der Waals surface area contributed by atoms with Crippen molar-refractivity contribution < 1.29 is 38.1 Å². The smallest absolute Gasteiger partial charge is 0.459 e. The Labute approximate surface area is 274 Å². The molecule has 0 aliphatic carbocycles. The van der Waals surface area contributed by atoms with Gasteiger partial charge in [-0.1, -0.05) is 65.8 Å². The molecular formula is C29H28BrN6O10P. The molecule has 5 rings (SSSR count). The van der Waals surface area contributed by atoms with E-state index in [9.17, 15) is 34.7 Å². The van der Waals surface area contributed by atoms with E-state index < -0.39 is 61.8 Å². The molecular weight excluding hydrogens is 703 g/mol. The first-order valence-electron chi connectivity index (χ1n) is 14.0. The van der Waals surface area contributed by atoms with Gasteiger partial charge in [0.2, 0.25) is 5.72 Å². The van der Waals surface area contributed by atoms with Crippen LogP contribution in [0.2, 0.25) is 0 Å². The van der Waals surface area contributed by atoms with E-state index in [1.807, 2.05) is 17.1 Å². The highest BCUT2D eigenvalue weighted by Gasteiger charge is 2.56. The fourth-order valence-electron chi connectivity index (χ4n) is 4.75. The molecule has 1 saturated heterocycles. The van der Waals surface area contributed by atoms with Gasteiger partial charge in [0.05, 0.1) is 11.1 Å². The molecule has 47 heavy (non-hydrogen) atoms. The highest BCUT2D eigenvalue weighted by atomic mass is 79.9. The van der Waals surface area contributed by atoms with E-state index in [-0.39, 0.29) is 12.4 Å². The first kappa shape index (κ1) is 34.0. The van der Waals surface area contributed by atoms with Gasteiger partial charge < -0.3 is 24.2 Å². The number of aromatic nitrogens is 2. The first-order chi connectivity index (χ1) is 22.4. The van der Waals surface area contributed by atoms with E-state index in [1.165, 1.54) is 13.0 Å². The van der Waals surface area contributed by atoms with Crippen molar-refractivity contribution in [3.05, 3.63) is 120 Å². The number of hydrogen-bond acceptors (Lipinski definition) is 11. The minimum atomic E-state index is -4.68. The molecule has 0 saturated carbocycles. The van der Waals surface area contributed by atoms with Crippen LogP contribution in [0.1, 0.15) is 18.7 Å². The summed E-state index contributed by atoms with van der Waals surface area (Å²) in [6, 6.07) is 19.0. The van der Waals surface area contributed by atoms with Crippen LogP contribution in [0.15, 0.2) is 98.2 Å². The number of aliphatic hydroxyl groups excluding tert-OH is 2. The molecule has 1 aromatic heterocycles. The molecule has 3 aromatic carbocycles. The van der Waals surface area contributed by atoms with Crippen LogP contribution in [0, 0.1) is 0 Å². The largest absolute Gasteiger partial charge is 0.460 e. The van der Waals surface area contributed by atoms with E-state index in [0.717, 1.165) is 22.2 Å². The van der Waals surface area contributed by atoms with Crippen LogP contribution in [-0.2, 0) is 30.0 Å². The molecule has 16 nitrogen and oxygen atoms in total. The zero-order valence-electron chi connectivity index (χ0n) is 24.5. The van der Waals surface area contributed by atoms with Crippen LogP contribution in [0.3, 0.4) is 0 Å². The van der Waals surface area contributed by atoms with Crippen molar-refractivity contribution in [2.24, 2.45) is 5.11 Å². The number of halogens is 1. The van der Waals surface area contributed by atoms with Crippen molar-refractivity contribution in [3.8, 4) is 5.75 Å². The average molecular weight is 731 g/mol. The SMILES string of the molecule is C[C@H](NP(=O)(OC[C@@]1(N=[N+]=[N-])O[C@@H](n2ccc(=O)[nH]c2=O)[C@H](O)[C@@H]1O)Oc1ccc2ccccc2c1Br)C(=O)OCc1ccccc1. The van der Waals surface area contributed by atoms with Gasteiger partial charge in [0.15, 0.2) is 6.23 Å². The molecule has 1 fully saturated rings. The summed E-state index contributed by atoms with van der Waals surface area (Å²) in [6.45, 7) is 0.275. The number of nitrogens with one attached hydrogen (secondary N) is 2. The number of hydrogen-bond donors (Lipinski definition) is 4. The normalized spacial score (nSPS) is 22.6. The molecule has 1 aliphatic heterocycles. The number of aromatic amines is 1. The van der Waals surface area contributed by atoms with Gasteiger partial charge in [0.1, 0.15) is 30.6 Å². The fraction of sp³-hybridized carbons (Fsp3) is 0.276. The number of fused-ring (bicyclic) bond motifs is 1. The lowest BCUT2D eigenvalue weighted by Crippen LogP contribution is -2.45. The number of H-pyrrole nitrogens is 1. The van der Waals surface area contributed by atoms with Crippen LogP contribution in [0.5, 0.6) is 5.75 Å². The Bertz CT molecular complexity index is 1990. The van der Waals surface area contributed by atoms with Crippen LogP contribution < -0.4 is 20.9 Å². The van der Waals surface area contributed by atoms with Gasteiger partial charge in [-0.05, 0) is 50.8 Å². The van der Waals surface area contributed by atoms with E-state index >= 15 is 0 Å². The number of nitrogens with zero attached hydrogens (tertiary/aromatic N) is 4. The Kier molecular flexibility index (Phi) is 10.3. The average Bonchev–Trinajstić information content (AvgIpc) is 3.30. The lowest BCUT2D eigenvalue weighted by molar-refractivity contribution is -0.146. The Morgan fingerprint density at radius 3 is 2.62 bits per heavy atom. The van der Waals surface area contributed by atoms with E-state index in [1.54, 1.807) is 48.5 Å². The molecule has 1 aliphatic rings. The number of aliphatic hydroxyl groups is 2. The quantitative estimate of drug-likeness (QED) is 0.0541. The van der Waals surface area contributed by atoms with Crippen LogP contribution >= 0.6 is 23.7 Å². The molecule has 4 N–H and O–H groups in total. The van der Waals surface area contributed by atoms with E-state index in [2.05, 4.69) is 31.0 Å². The summed E-state index contributed by atoms with van der Waals surface area (Å²) >= 11 is 3.45. The maximum absolute atomic E-state index is 14.4. The van der Waals surface area contributed by atoms with Gasteiger partial charge in [-0.3, -0.25) is 23.7 Å². The predicted molar refractivity (Wildman–Crippen MR) is 170 cm³/mol. The van der Waals surface area contributed by atoms with Gasteiger partial charge >= 0.3 is 19.4 Å². The minimum absolute atomic E-state index is 0.0350. The van der Waals surface area contributed by atoms with Crippen LogP contribution in [-0.4, -0.2) is 56.3 Å². The lowest BCUT2D eigenvalue weighted by atomic mass is 10.1. The second kappa shape index (κ2) is 14.2. The molecule has 246 valence electrons. The molecule has 0 bridgehead atoms. The molecule has 6 atom stereocenters. The number of esters is 1. The first-order valence-corrected chi connectivity index (χ1v) is 16.3. The second-order valence-corrected chi connectivity index (χ2v) is 12.9. The summed E-state index contributed by atoms with van der Waals surface area (Å²) in [5, 5.41) is 29.3. The highest BCUT2D eigenvalue weighted by Crippen LogP contribution is 2.50. The standard InChI is InChI=1S/C29H28BrN6O10P/c1-17(27(40)43-15-18-7-3-2-4-8-18)33-47(42,46-21-12-11-19-9-5-6-10-20(19)23(21)30)44-16-29(34-35-31)25(39)24(38)26(45-29)36-14-13-22(37)32-28(36)41/h2-14,17,24-26,38-39H,15-16H2,1H3,(H,33,42)(H,32,37,41)/t17-,24+,25-,26+,29+,47?/m0/s1. The third-order valence-corrected chi connectivity index (χ3v) is 9.59. The van der Waals surface area contributed by atoms with Crippen molar-refractivity contribution in [3.63, 3.8) is 0 Å². The van der Waals surface area contributed by atoms with Gasteiger partial charge in [-0.15, -0.1) is 0 Å². The van der Waals surface area contributed by atoms with Gasteiger partial charge in [-0.2, -0.15) is 5.09 Å². The van der Waals surface area contributed by atoms with E-state index in [0.29, 0.717) is 15.4 Å². The predicted octanol–water partition coefficient (Wildman–Crippen LogP) is 3.63. The number of carbonyl (C=O) groups excluding carboxylic acids is 1. The third-order valence-electron chi connectivity index (χ3n) is 7.16. The van der Waals surface area contributed by atoms with Gasteiger partial charge in [-0.25, -0.2) is 9.36 Å². The Morgan fingerprint density at radius 2 is 1.89 bits per heavy atom. The van der Waals surface area contributed by atoms with Gasteiger partial charge in [0, 0.05) is 17.2 Å². The highest BCUT2D eigenvalue weighted by molar-refractivity contribution is 9.10. The Balaban J connectivity index is 1.44. The van der Waals surface area contributed by atoms with Crippen molar-refractivity contribution >= 4 is 40.4 Å². The monoisotopic (exact) mass is 730 g/mol. The summed E-state index contributed by atoms with van der Waals surface area (Å²) in [6.07, 6.45) is -4.58. The summed E-state index contributed by atoms with van der Waals surface area (Å²) in [5.41, 5.74) is 5.87. The number of azide groups is 1. The molecule has 1 unspecified atom stereocenters. The zero-order chi connectivity index (χ0) is 33.8.